The zero-order chi connectivity index (χ0) is 25.4. The highest BCUT2D eigenvalue weighted by Crippen LogP contribution is 2.40. The van der Waals surface area contributed by atoms with E-state index in [1.54, 1.807) is 48.5 Å². The number of anilines is 2. The summed E-state index contributed by atoms with van der Waals surface area (Å²) in [5.74, 6) is 0.128. The zero-order valence-electron chi connectivity index (χ0n) is 20.6. The third-order valence-electron chi connectivity index (χ3n) is 7.08. The first kappa shape index (κ1) is 23.5. The summed E-state index contributed by atoms with van der Waals surface area (Å²) in [4.78, 5) is 40.2. The molecule has 1 saturated heterocycles. The maximum atomic E-state index is 13.0. The van der Waals surface area contributed by atoms with E-state index in [0.29, 0.717) is 35.5 Å². The Morgan fingerprint density at radius 1 is 0.917 bits per heavy atom. The molecule has 0 radical (unpaired) electrons. The number of carbonyl (C=O) groups is 3. The number of ether oxygens (including phenoxy) is 1. The van der Waals surface area contributed by atoms with Gasteiger partial charge in [0.15, 0.2) is 0 Å². The van der Waals surface area contributed by atoms with Crippen LogP contribution in [0.15, 0.2) is 78.4 Å². The highest BCUT2D eigenvalue weighted by atomic mass is 16.5. The summed E-state index contributed by atoms with van der Waals surface area (Å²) in [6, 6.07) is 19.7. The Bertz CT molecular complexity index is 1390. The molecule has 3 amide bonds. The maximum Gasteiger partial charge on any atom is 0.255 e. The van der Waals surface area contributed by atoms with Gasteiger partial charge in [0, 0.05) is 11.3 Å². The van der Waals surface area contributed by atoms with Crippen molar-refractivity contribution in [1.82, 2.24) is 0 Å². The average Bonchev–Trinajstić information content (AvgIpc) is 3.12. The number of rotatable bonds is 5. The van der Waals surface area contributed by atoms with E-state index in [0.717, 1.165) is 22.4 Å². The summed E-state index contributed by atoms with van der Waals surface area (Å²) < 4.78 is 5.99. The quantitative estimate of drug-likeness (QED) is 0.349. The van der Waals surface area contributed by atoms with E-state index in [-0.39, 0.29) is 29.6 Å². The van der Waals surface area contributed by atoms with Crippen molar-refractivity contribution in [2.24, 2.45) is 11.8 Å². The molecule has 1 aliphatic carbocycles. The second kappa shape index (κ2) is 9.46. The standard InChI is InChI=1S/C30H28N2O4/c1-18-10-15-25-26(16-18)30(35)32(29(25)34)23-8-5-7-21(17-23)28(33)31-22-11-13-24(14-12-22)36-27-9-4-6-19(2)20(27)3/h4-14,17,25-26H,15-16H2,1-3H3,(H,31,33)/t25-,26+/m1/s1. The van der Waals surface area contributed by atoms with Crippen LogP contribution in [0.2, 0.25) is 0 Å². The summed E-state index contributed by atoms with van der Waals surface area (Å²) in [5.41, 5.74) is 4.78. The SMILES string of the molecule is CC1=CC[C@H]2C(=O)N(c3cccc(C(=O)Nc4ccc(Oc5cccc(C)c5C)cc4)c3)C(=O)[C@H]2C1. The van der Waals surface area contributed by atoms with Crippen LogP contribution in [-0.4, -0.2) is 17.7 Å². The fourth-order valence-corrected chi connectivity index (χ4v) is 4.85. The molecule has 1 heterocycles. The molecule has 3 aromatic carbocycles. The Morgan fingerprint density at radius 3 is 2.42 bits per heavy atom. The van der Waals surface area contributed by atoms with Crippen LogP contribution >= 0.6 is 0 Å². The van der Waals surface area contributed by atoms with Gasteiger partial charge in [0.25, 0.3) is 5.91 Å². The van der Waals surface area contributed by atoms with Crippen molar-refractivity contribution in [3.8, 4) is 11.5 Å². The molecule has 0 unspecified atom stereocenters. The highest BCUT2D eigenvalue weighted by Gasteiger charge is 2.48. The molecule has 5 rings (SSSR count). The lowest BCUT2D eigenvalue weighted by Crippen LogP contribution is -2.31. The van der Waals surface area contributed by atoms with Gasteiger partial charge in [-0.25, -0.2) is 0 Å². The Kier molecular flexibility index (Phi) is 6.18. The van der Waals surface area contributed by atoms with Crippen LogP contribution in [0.4, 0.5) is 11.4 Å². The largest absolute Gasteiger partial charge is 0.457 e. The van der Waals surface area contributed by atoms with Crippen LogP contribution in [0.3, 0.4) is 0 Å². The Morgan fingerprint density at radius 2 is 1.64 bits per heavy atom. The van der Waals surface area contributed by atoms with Gasteiger partial charge in [0.05, 0.1) is 17.5 Å². The van der Waals surface area contributed by atoms with Gasteiger partial charge in [-0.1, -0.05) is 29.8 Å². The van der Waals surface area contributed by atoms with E-state index in [9.17, 15) is 14.4 Å². The van der Waals surface area contributed by atoms with Crippen molar-refractivity contribution in [2.45, 2.75) is 33.6 Å². The second-order valence-corrected chi connectivity index (χ2v) is 9.54. The zero-order valence-corrected chi connectivity index (χ0v) is 20.6. The molecule has 2 aliphatic rings. The lowest BCUT2D eigenvalue weighted by atomic mass is 9.82. The number of hydrogen-bond acceptors (Lipinski definition) is 4. The number of aryl methyl sites for hydroxylation is 1. The van der Waals surface area contributed by atoms with Gasteiger partial charge in [-0.05, 0) is 93.3 Å². The molecule has 2 atom stereocenters. The molecule has 1 fully saturated rings. The average molecular weight is 481 g/mol. The van der Waals surface area contributed by atoms with Crippen LogP contribution in [0.1, 0.15) is 41.3 Å². The van der Waals surface area contributed by atoms with Gasteiger partial charge in [0.2, 0.25) is 11.8 Å². The van der Waals surface area contributed by atoms with E-state index in [2.05, 4.69) is 5.32 Å². The van der Waals surface area contributed by atoms with Crippen LogP contribution in [0.25, 0.3) is 0 Å². The number of hydrogen-bond donors (Lipinski definition) is 1. The van der Waals surface area contributed by atoms with Crippen LogP contribution in [0.5, 0.6) is 11.5 Å². The summed E-state index contributed by atoms with van der Waals surface area (Å²) in [5, 5.41) is 2.87. The van der Waals surface area contributed by atoms with Crippen molar-refractivity contribution >= 4 is 29.1 Å². The fraction of sp³-hybridized carbons (Fsp3) is 0.233. The molecule has 0 saturated carbocycles. The van der Waals surface area contributed by atoms with Crippen LogP contribution in [-0.2, 0) is 9.59 Å². The van der Waals surface area contributed by atoms with Gasteiger partial charge in [0.1, 0.15) is 11.5 Å². The number of nitrogens with zero attached hydrogens (tertiary/aromatic N) is 1. The first-order valence-corrected chi connectivity index (χ1v) is 12.1. The first-order valence-electron chi connectivity index (χ1n) is 12.1. The molecule has 0 spiro atoms. The molecular formula is C30H28N2O4. The minimum Gasteiger partial charge on any atom is -0.457 e. The third kappa shape index (κ3) is 4.42. The van der Waals surface area contributed by atoms with E-state index < -0.39 is 0 Å². The van der Waals surface area contributed by atoms with E-state index >= 15 is 0 Å². The number of amides is 3. The number of carbonyl (C=O) groups excluding carboxylic acids is 3. The van der Waals surface area contributed by atoms with Crippen molar-refractivity contribution in [3.05, 3.63) is 95.1 Å². The van der Waals surface area contributed by atoms with Crippen molar-refractivity contribution < 1.29 is 19.1 Å². The van der Waals surface area contributed by atoms with E-state index in [4.69, 9.17) is 4.74 Å². The predicted molar refractivity (Wildman–Crippen MR) is 139 cm³/mol. The van der Waals surface area contributed by atoms with Crippen molar-refractivity contribution in [2.75, 3.05) is 10.2 Å². The molecule has 1 N–H and O–H groups in total. The molecule has 0 aromatic heterocycles. The molecule has 182 valence electrons. The number of allylic oxidation sites excluding steroid dienone is 2. The lowest BCUT2D eigenvalue weighted by Gasteiger charge is -2.18. The predicted octanol–water partition coefficient (Wildman–Crippen LogP) is 6.19. The Balaban J connectivity index is 1.28. The van der Waals surface area contributed by atoms with Crippen LogP contribution < -0.4 is 15.0 Å². The topological polar surface area (TPSA) is 75.7 Å². The van der Waals surface area contributed by atoms with E-state index in [1.165, 1.54) is 4.90 Å². The molecule has 0 bridgehead atoms. The Hall–Kier alpha value is -4.19. The first-order chi connectivity index (χ1) is 17.3. The van der Waals surface area contributed by atoms with E-state index in [1.807, 2.05) is 45.0 Å². The summed E-state index contributed by atoms with van der Waals surface area (Å²) >= 11 is 0. The van der Waals surface area contributed by atoms with Gasteiger partial charge >= 0.3 is 0 Å². The maximum absolute atomic E-state index is 13.0. The van der Waals surface area contributed by atoms with Gasteiger partial charge in [-0.3, -0.25) is 19.3 Å². The summed E-state index contributed by atoms with van der Waals surface area (Å²) in [6.45, 7) is 6.04. The van der Waals surface area contributed by atoms with Gasteiger partial charge in [-0.15, -0.1) is 0 Å². The molecule has 6 heteroatoms. The number of imide groups is 1. The minimum absolute atomic E-state index is 0.186. The molecule has 1 aliphatic heterocycles. The third-order valence-corrected chi connectivity index (χ3v) is 7.08. The smallest absolute Gasteiger partial charge is 0.255 e. The lowest BCUT2D eigenvalue weighted by molar-refractivity contribution is -0.122. The number of benzene rings is 3. The molecule has 36 heavy (non-hydrogen) atoms. The highest BCUT2D eigenvalue weighted by molar-refractivity contribution is 6.22. The minimum atomic E-state index is -0.325. The molecular weight excluding hydrogens is 452 g/mol. The normalized spacial score (nSPS) is 19.1. The second-order valence-electron chi connectivity index (χ2n) is 9.54. The number of nitrogens with one attached hydrogen (secondary N) is 1. The van der Waals surface area contributed by atoms with Gasteiger partial charge < -0.3 is 10.1 Å². The van der Waals surface area contributed by atoms with Gasteiger partial charge in [-0.2, -0.15) is 0 Å². The summed E-state index contributed by atoms with van der Waals surface area (Å²) in [7, 11) is 0. The van der Waals surface area contributed by atoms with Crippen molar-refractivity contribution in [1.29, 1.82) is 0 Å². The monoisotopic (exact) mass is 480 g/mol. The van der Waals surface area contributed by atoms with Crippen molar-refractivity contribution in [3.63, 3.8) is 0 Å². The molecule has 6 nitrogen and oxygen atoms in total. The molecule has 3 aromatic rings. The summed E-state index contributed by atoms with van der Waals surface area (Å²) in [6.07, 6.45) is 3.23. The fourth-order valence-electron chi connectivity index (χ4n) is 4.85. The Labute approximate surface area is 210 Å². The number of fused-ring (bicyclic) bond motifs is 1. The van der Waals surface area contributed by atoms with Crippen LogP contribution in [0, 0.1) is 25.7 Å².